The molecule has 1 aliphatic heterocycles. The predicted molar refractivity (Wildman–Crippen MR) is 113 cm³/mol. The van der Waals surface area contributed by atoms with E-state index < -0.39 is 0 Å². The molecule has 0 N–H and O–H groups in total. The molecule has 0 unspecified atom stereocenters. The molecule has 4 heteroatoms. The molecular weight excluding hydrogens is 348 g/mol. The Morgan fingerprint density at radius 3 is 2.18 bits per heavy atom. The maximum absolute atomic E-state index is 13.3. The average molecular weight is 379 g/mol. The second-order valence-electron chi connectivity index (χ2n) is 7.47. The number of amides is 2. The predicted octanol–water partition coefficient (Wildman–Crippen LogP) is 4.30. The number of piperidine rings is 1. The molecule has 1 heterocycles. The van der Waals surface area contributed by atoms with Gasteiger partial charge in [0.1, 0.15) is 0 Å². The van der Waals surface area contributed by atoms with E-state index in [0.29, 0.717) is 26.1 Å². The highest BCUT2D eigenvalue weighted by molar-refractivity contribution is 5.95. The Labute approximate surface area is 168 Å². The summed E-state index contributed by atoms with van der Waals surface area (Å²) in [5.74, 6) is 0.392. The first-order chi connectivity index (χ1) is 13.7. The van der Waals surface area contributed by atoms with Crippen LogP contribution in [0, 0.1) is 5.92 Å². The third-order valence-electron chi connectivity index (χ3n) is 5.46. The molecule has 4 nitrogen and oxygen atoms in total. The summed E-state index contributed by atoms with van der Waals surface area (Å²) in [5, 5.41) is 0. The number of rotatable bonds is 7. The number of anilines is 1. The monoisotopic (exact) mass is 378 g/mol. The van der Waals surface area contributed by atoms with Crippen molar-refractivity contribution in [3.8, 4) is 0 Å². The zero-order valence-corrected chi connectivity index (χ0v) is 16.7. The van der Waals surface area contributed by atoms with Crippen molar-refractivity contribution in [3.63, 3.8) is 0 Å². The van der Waals surface area contributed by atoms with E-state index in [1.807, 2.05) is 65.3 Å². The zero-order valence-electron chi connectivity index (χ0n) is 16.7. The lowest BCUT2D eigenvalue weighted by atomic mass is 9.94. The molecule has 2 amide bonds. The molecule has 28 heavy (non-hydrogen) atoms. The standard InChI is InChI=1S/C24H30N2O2/c1-2-9-23(27)25-17-15-21(16-18-25)24(28)26(22-12-7-4-8-13-22)19-14-20-10-5-3-6-11-20/h3-8,10-13,21H,2,9,14-19H2,1H3. The van der Waals surface area contributed by atoms with Crippen LogP contribution in [0.1, 0.15) is 38.2 Å². The van der Waals surface area contributed by atoms with Gasteiger partial charge < -0.3 is 9.80 Å². The number of carbonyl (C=O) groups excluding carboxylic acids is 2. The van der Waals surface area contributed by atoms with Crippen molar-refractivity contribution in [1.29, 1.82) is 0 Å². The molecule has 2 aromatic carbocycles. The quantitative estimate of drug-likeness (QED) is 0.721. The lowest BCUT2D eigenvalue weighted by Crippen LogP contribution is -2.45. The number of benzene rings is 2. The molecule has 0 atom stereocenters. The Hall–Kier alpha value is -2.62. The summed E-state index contributed by atoms with van der Waals surface area (Å²) in [6.07, 6.45) is 3.81. The summed E-state index contributed by atoms with van der Waals surface area (Å²) in [4.78, 5) is 29.3. The van der Waals surface area contributed by atoms with E-state index in [1.165, 1.54) is 5.56 Å². The third kappa shape index (κ3) is 5.22. The van der Waals surface area contributed by atoms with E-state index in [4.69, 9.17) is 0 Å². The second-order valence-corrected chi connectivity index (χ2v) is 7.47. The highest BCUT2D eigenvalue weighted by atomic mass is 16.2. The number of hydrogen-bond acceptors (Lipinski definition) is 2. The van der Waals surface area contributed by atoms with Gasteiger partial charge in [-0.3, -0.25) is 9.59 Å². The second kappa shape index (κ2) is 10.1. The molecule has 0 aromatic heterocycles. The lowest BCUT2D eigenvalue weighted by Gasteiger charge is -2.34. The minimum Gasteiger partial charge on any atom is -0.343 e. The van der Waals surface area contributed by atoms with E-state index in [1.54, 1.807) is 0 Å². The summed E-state index contributed by atoms with van der Waals surface area (Å²) in [7, 11) is 0. The SMILES string of the molecule is CCCC(=O)N1CCC(C(=O)N(CCc2ccccc2)c2ccccc2)CC1. The molecule has 3 rings (SSSR count). The largest absolute Gasteiger partial charge is 0.343 e. The lowest BCUT2D eigenvalue weighted by molar-refractivity contribution is -0.135. The molecule has 0 spiro atoms. The molecule has 148 valence electrons. The summed E-state index contributed by atoms with van der Waals surface area (Å²) in [6, 6.07) is 20.2. The van der Waals surface area contributed by atoms with Gasteiger partial charge in [0.2, 0.25) is 11.8 Å². The van der Waals surface area contributed by atoms with Gasteiger partial charge in [-0.05, 0) is 43.4 Å². The maximum Gasteiger partial charge on any atom is 0.230 e. The number of hydrogen-bond donors (Lipinski definition) is 0. The molecule has 1 saturated heterocycles. The minimum atomic E-state index is -0.0124. The molecule has 0 saturated carbocycles. The van der Waals surface area contributed by atoms with Gasteiger partial charge in [-0.2, -0.15) is 0 Å². The Balaban J connectivity index is 1.66. The topological polar surface area (TPSA) is 40.6 Å². The number of carbonyl (C=O) groups is 2. The van der Waals surface area contributed by atoms with Crippen LogP contribution in [0.3, 0.4) is 0 Å². The van der Waals surface area contributed by atoms with Crippen molar-refractivity contribution in [2.45, 2.75) is 39.0 Å². The number of nitrogens with zero attached hydrogens (tertiary/aromatic N) is 2. The fourth-order valence-electron chi connectivity index (χ4n) is 3.83. The van der Waals surface area contributed by atoms with Gasteiger partial charge >= 0.3 is 0 Å². The summed E-state index contributed by atoms with van der Waals surface area (Å²) >= 11 is 0. The smallest absolute Gasteiger partial charge is 0.230 e. The van der Waals surface area contributed by atoms with Crippen molar-refractivity contribution in [2.24, 2.45) is 5.92 Å². The summed E-state index contributed by atoms with van der Waals surface area (Å²) < 4.78 is 0. The minimum absolute atomic E-state index is 0.0124. The van der Waals surface area contributed by atoms with Crippen LogP contribution in [0.4, 0.5) is 5.69 Å². The molecule has 0 aliphatic carbocycles. The van der Waals surface area contributed by atoms with Crippen LogP contribution in [-0.2, 0) is 16.0 Å². The molecule has 0 bridgehead atoms. The first-order valence-corrected chi connectivity index (χ1v) is 10.4. The average Bonchev–Trinajstić information content (AvgIpc) is 2.75. The van der Waals surface area contributed by atoms with Crippen LogP contribution in [0.5, 0.6) is 0 Å². The van der Waals surface area contributed by atoms with Crippen LogP contribution in [0.2, 0.25) is 0 Å². The molecular formula is C24H30N2O2. The van der Waals surface area contributed by atoms with Crippen molar-refractivity contribution >= 4 is 17.5 Å². The Morgan fingerprint density at radius 2 is 1.57 bits per heavy atom. The zero-order chi connectivity index (χ0) is 19.8. The van der Waals surface area contributed by atoms with Gasteiger partial charge in [0, 0.05) is 37.7 Å². The fraction of sp³-hybridized carbons (Fsp3) is 0.417. The van der Waals surface area contributed by atoms with Crippen LogP contribution in [-0.4, -0.2) is 36.3 Å². The van der Waals surface area contributed by atoms with Gasteiger partial charge in [0.05, 0.1) is 0 Å². The molecule has 1 fully saturated rings. The normalized spacial score (nSPS) is 14.7. The maximum atomic E-state index is 13.3. The summed E-state index contributed by atoms with van der Waals surface area (Å²) in [6.45, 7) is 4.08. The Kier molecular flexibility index (Phi) is 7.24. The highest BCUT2D eigenvalue weighted by Crippen LogP contribution is 2.24. The van der Waals surface area contributed by atoms with Crippen LogP contribution < -0.4 is 4.90 Å². The fourth-order valence-corrected chi connectivity index (χ4v) is 3.83. The van der Waals surface area contributed by atoms with Gasteiger partial charge in [-0.25, -0.2) is 0 Å². The number of para-hydroxylation sites is 1. The van der Waals surface area contributed by atoms with Gasteiger partial charge in [-0.15, -0.1) is 0 Å². The molecule has 1 aliphatic rings. The first kappa shape index (κ1) is 20.1. The van der Waals surface area contributed by atoms with Crippen molar-refractivity contribution < 1.29 is 9.59 Å². The van der Waals surface area contributed by atoms with Crippen molar-refractivity contribution in [3.05, 3.63) is 66.2 Å². The van der Waals surface area contributed by atoms with Gasteiger partial charge in [-0.1, -0.05) is 55.5 Å². The van der Waals surface area contributed by atoms with Gasteiger partial charge in [0.15, 0.2) is 0 Å². The van der Waals surface area contributed by atoms with E-state index in [-0.39, 0.29) is 17.7 Å². The van der Waals surface area contributed by atoms with Crippen LogP contribution in [0.25, 0.3) is 0 Å². The Bertz CT molecular complexity index is 753. The van der Waals surface area contributed by atoms with E-state index in [0.717, 1.165) is 31.4 Å². The number of likely N-dealkylation sites (tertiary alicyclic amines) is 1. The first-order valence-electron chi connectivity index (χ1n) is 10.4. The van der Waals surface area contributed by atoms with Crippen LogP contribution in [0.15, 0.2) is 60.7 Å². The van der Waals surface area contributed by atoms with Crippen LogP contribution >= 0.6 is 0 Å². The van der Waals surface area contributed by atoms with E-state index >= 15 is 0 Å². The molecule has 0 radical (unpaired) electrons. The van der Waals surface area contributed by atoms with E-state index in [2.05, 4.69) is 12.1 Å². The third-order valence-corrected chi connectivity index (χ3v) is 5.46. The van der Waals surface area contributed by atoms with Crippen molar-refractivity contribution in [1.82, 2.24) is 4.90 Å². The van der Waals surface area contributed by atoms with Gasteiger partial charge in [0.25, 0.3) is 0 Å². The Morgan fingerprint density at radius 1 is 0.964 bits per heavy atom. The van der Waals surface area contributed by atoms with E-state index in [9.17, 15) is 9.59 Å². The van der Waals surface area contributed by atoms with Crippen molar-refractivity contribution in [2.75, 3.05) is 24.5 Å². The summed E-state index contributed by atoms with van der Waals surface area (Å²) in [5.41, 5.74) is 2.18. The molecule has 2 aromatic rings. The highest BCUT2D eigenvalue weighted by Gasteiger charge is 2.30.